The lowest BCUT2D eigenvalue weighted by Gasteiger charge is -2.15. The van der Waals surface area contributed by atoms with Gasteiger partial charge in [0.2, 0.25) is 0 Å². The van der Waals surface area contributed by atoms with Gasteiger partial charge in [-0.2, -0.15) is 0 Å². The molecule has 20 heavy (non-hydrogen) atoms. The molecule has 0 heterocycles. The highest BCUT2D eigenvalue weighted by Crippen LogP contribution is 2.37. The van der Waals surface area contributed by atoms with E-state index in [1.165, 1.54) is 0 Å². The van der Waals surface area contributed by atoms with E-state index in [2.05, 4.69) is 15.9 Å². The first-order valence-electron chi connectivity index (χ1n) is 6.06. The van der Waals surface area contributed by atoms with Gasteiger partial charge >= 0.3 is 5.97 Å². The highest BCUT2D eigenvalue weighted by atomic mass is 79.9. The average molecular weight is 369 g/mol. The largest absolute Gasteiger partial charge is 0.503 e. The first kappa shape index (κ1) is 19.0. The van der Waals surface area contributed by atoms with Crippen LogP contribution < -0.4 is 10.5 Å². The van der Waals surface area contributed by atoms with E-state index in [0.717, 1.165) is 0 Å². The van der Waals surface area contributed by atoms with Gasteiger partial charge in [0.15, 0.2) is 11.5 Å². The molecule has 0 saturated heterocycles. The molecule has 0 fully saturated rings. The molecule has 0 aliphatic rings. The van der Waals surface area contributed by atoms with Crippen molar-refractivity contribution >= 4 is 34.3 Å². The van der Waals surface area contributed by atoms with Crippen LogP contribution in [0.15, 0.2) is 16.6 Å². The van der Waals surface area contributed by atoms with Crippen molar-refractivity contribution in [2.75, 3.05) is 13.2 Å². The molecule has 3 N–H and O–H groups in total. The fourth-order valence-electron chi connectivity index (χ4n) is 1.59. The molecule has 0 spiro atoms. The summed E-state index contributed by atoms with van der Waals surface area (Å²) >= 11 is 3.23. The Hall–Kier alpha value is -0.980. The summed E-state index contributed by atoms with van der Waals surface area (Å²) in [5, 5.41) is 9.80. The fourth-order valence-corrected chi connectivity index (χ4v) is 2.05. The molecule has 1 aromatic rings. The maximum atomic E-state index is 11.4. The Bertz CT molecular complexity index is 456. The third-order valence-electron chi connectivity index (χ3n) is 2.47. The number of aromatic hydroxyl groups is 1. The lowest BCUT2D eigenvalue weighted by molar-refractivity contribution is -0.143. The molecule has 114 valence electrons. The number of hydrogen-bond acceptors (Lipinski definition) is 5. The van der Waals surface area contributed by atoms with Gasteiger partial charge < -0.3 is 20.3 Å². The van der Waals surface area contributed by atoms with Crippen LogP contribution in [-0.2, 0) is 9.53 Å². The van der Waals surface area contributed by atoms with Gasteiger partial charge in [0.05, 0.1) is 24.1 Å². The third-order valence-corrected chi connectivity index (χ3v) is 3.08. The number of nitrogens with two attached hydrogens (primary N) is 1. The predicted molar refractivity (Wildman–Crippen MR) is 82.4 cm³/mol. The van der Waals surface area contributed by atoms with Crippen molar-refractivity contribution < 1.29 is 19.4 Å². The number of rotatable bonds is 6. The van der Waals surface area contributed by atoms with Crippen LogP contribution in [-0.4, -0.2) is 24.3 Å². The third kappa shape index (κ3) is 5.19. The number of carbonyl (C=O) groups excluding carboxylic acids is 1. The van der Waals surface area contributed by atoms with Gasteiger partial charge in [-0.25, -0.2) is 0 Å². The van der Waals surface area contributed by atoms with Crippen molar-refractivity contribution in [1.82, 2.24) is 0 Å². The van der Waals surface area contributed by atoms with Crippen molar-refractivity contribution in [2.24, 2.45) is 5.73 Å². The Morgan fingerprint density at radius 2 is 2.05 bits per heavy atom. The van der Waals surface area contributed by atoms with Gasteiger partial charge in [-0.3, -0.25) is 4.79 Å². The fraction of sp³-hybridized carbons (Fsp3) is 0.462. The minimum atomic E-state index is -0.504. The van der Waals surface area contributed by atoms with Gasteiger partial charge in [-0.05, 0) is 47.5 Å². The van der Waals surface area contributed by atoms with Gasteiger partial charge in [0, 0.05) is 6.04 Å². The number of benzene rings is 1. The number of hydrogen-bond donors (Lipinski definition) is 2. The quantitative estimate of drug-likeness (QED) is 0.755. The first-order chi connectivity index (χ1) is 8.99. The number of ether oxygens (including phenoxy) is 2. The SMILES string of the molecule is CCOC(=O)C[C@@H](N)c1cc(Br)c(O)c(OCC)c1.Cl. The van der Waals surface area contributed by atoms with Crippen molar-refractivity contribution in [2.45, 2.75) is 26.3 Å². The van der Waals surface area contributed by atoms with E-state index in [1.807, 2.05) is 6.92 Å². The normalized spacial score (nSPS) is 11.4. The van der Waals surface area contributed by atoms with Crippen molar-refractivity contribution in [3.05, 3.63) is 22.2 Å². The van der Waals surface area contributed by atoms with Crippen LogP contribution in [0.5, 0.6) is 11.5 Å². The van der Waals surface area contributed by atoms with E-state index in [9.17, 15) is 9.90 Å². The standard InChI is InChI=1S/C13H18BrNO4.ClH/c1-3-18-11-6-8(5-9(14)13(11)17)10(15)7-12(16)19-4-2;/h5-6,10,17H,3-4,7,15H2,1-2H3;1H/t10-;/m1./s1. The molecule has 7 heteroatoms. The van der Waals surface area contributed by atoms with E-state index in [1.54, 1.807) is 19.1 Å². The van der Waals surface area contributed by atoms with Crippen LogP contribution in [0, 0.1) is 0 Å². The Balaban J connectivity index is 0.00000361. The molecule has 0 aliphatic heterocycles. The second-order valence-corrected chi connectivity index (χ2v) is 4.75. The smallest absolute Gasteiger partial charge is 0.307 e. The molecule has 1 aromatic carbocycles. The minimum absolute atomic E-state index is 0. The molecule has 0 unspecified atom stereocenters. The number of halogens is 2. The van der Waals surface area contributed by atoms with Gasteiger partial charge in [-0.1, -0.05) is 0 Å². The molecule has 1 atom stereocenters. The molecule has 0 aliphatic carbocycles. The zero-order valence-electron chi connectivity index (χ0n) is 11.4. The summed E-state index contributed by atoms with van der Waals surface area (Å²) in [5.41, 5.74) is 6.65. The van der Waals surface area contributed by atoms with Crippen LogP contribution in [0.25, 0.3) is 0 Å². The van der Waals surface area contributed by atoms with Gasteiger partial charge in [-0.15, -0.1) is 12.4 Å². The van der Waals surface area contributed by atoms with Crippen molar-refractivity contribution in [3.8, 4) is 11.5 Å². The Morgan fingerprint density at radius 3 is 2.60 bits per heavy atom. The molecular formula is C13H19BrClNO4. The lowest BCUT2D eigenvalue weighted by atomic mass is 10.0. The zero-order chi connectivity index (χ0) is 14.4. The molecule has 0 amide bonds. The summed E-state index contributed by atoms with van der Waals surface area (Å²) in [5.74, 6) is 0.0114. The number of phenolic OH excluding ortho intramolecular Hbond substituents is 1. The summed E-state index contributed by atoms with van der Waals surface area (Å²) in [7, 11) is 0. The summed E-state index contributed by atoms with van der Waals surface area (Å²) < 4.78 is 10.6. The number of esters is 1. The number of phenols is 1. The molecule has 5 nitrogen and oxygen atoms in total. The summed E-state index contributed by atoms with van der Waals surface area (Å²) in [6.07, 6.45) is 0.0800. The van der Waals surface area contributed by atoms with Gasteiger partial charge in [0.1, 0.15) is 0 Å². The second kappa shape index (κ2) is 9.05. The summed E-state index contributed by atoms with van der Waals surface area (Å²) in [6.45, 7) is 4.32. The Labute approximate surface area is 133 Å². The number of carbonyl (C=O) groups is 1. The van der Waals surface area contributed by atoms with E-state index in [-0.39, 0.29) is 30.5 Å². The predicted octanol–water partition coefficient (Wildman–Crippen LogP) is 2.93. The van der Waals surface area contributed by atoms with Crippen molar-refractivity contribution in [3.63, 3.8) is 0 Å². The van der Waals surface area contributed by atoms with Crippen LogP contribution in [0.1, 0.15) is 31.9 Å². The van der Waals surface area contributed by atoms with E-state index < -0.39 is 6.04 Å². The Kier molecular flexibility index (Phi) is 8.60. The zero-order valence-corrected chi connectivity index (χ0v) is 13.8. The minimum Gasteiger partial charge on any atom is -0.503 e. The topological polar surface area (TPSA) is 81.8 Å². The molecule has 0 radical (unpaired) electrons. The lowest BCUT2D eigenvalue weighted by Crippen LogP contribution is -2.17. The highest BCUT2D eigenvalue weighted by Gasteiger charge is 2.17. The molecule has 0 bridgehead atoms. The average Bonchev–Trinajstić information content (AvgIpc) is 2.35. The maximum Gasteiger partial charge on any atom is 0.307 e. The summed E-state index contributed by atoms with van der Waals surface area (Å²) in [4.78, 5) is 11.4. The van der Waals surface area contributed by atoms with E-state index in [4.69, 9.17) is 15.2 Å². The van der Waals surface area contributed by atoms with E-state index in [0.29, 0.717) is 29.0 Å². The van der Waals surface area contributed by atoms with Gasteiger partial charge in [0.25, 0.3) is 0 Å². The van der Waals surface area contributed by atoms with Crippen LogP contribution in [0.2, 0.25) is 0 Å². The van der Waals surface area contributed by atoms with Crippen molar-refractivity contribution in [1.29, 1.82) is 0 Å². The molecule has 1 rings (SSSR count). The van der Waals surface area contributed by atoms with Crippen LogP contribution in [0.4, 0.5) is 0 Å². The summed E-state index contributed by atoms with van der Waals surface area (Å²) in [6, 6.07) is 2.80. The molecule has 0 saturated carbocycles. The molecular weight excluding hydrogens is 350 g/mol. The second-order valence-electron chi connectivity index (χ2n) is 3.90. The highest BCUT2D eigenvalue weighted by molar-refractivity contribution is 9.10. The maximum absolute atomic E-state index is 11.4. The monoisotopic (exact) mass is 367 g/mol. The Morgan fingerprint density at radius 1 is 1.40 bits per heavy atom. The van der Waals surface area contributed by atoms with E-state index >= 15 is 0 Å². The first-order valence-corrected chi connectivity index (χ1v) is 6.85. The van der Waals surface area contributed by atoms with Crippen LogP contribution in [0.3, 0.4) is 0 Å². The molecule has 0 aromatic heterocycles. The van der Waals surface area contributed by atoms with Crippen LogP contribution >= 0.6 is 28.3 Å².